The average molecular weight is 443 g/mol. The lowest BCUT2D eigenvalue weighted by Crippen LogP contribution is -2.35. The Balaban J connectivity index is 1.79. The average Bonchev–Trinajstić information content (AvgIpc) is 2.78. The maximum Gasteiger partial charge on any atom is 0.262 e. The van der Waals surface area contributed by atoms with E-state index in [1.807, 2.05) is 30.3 Å². The first-order valence-corrected chi connectivity index (χ1v) is 11.2. The third kappa shape index (κ3) is 5.90. The maximum absolute atomic E-state index is 13.8. The monoisotopic (exact) mass is 442 g/mol. The van der Waals surface area contributed by atoms with E-state index in [4.69, 9.17) is 0 Å². The fourth-order valence-corrected chi connectivity index (χ4v) is 4.18. The summed E-state index contributed by atoms with van der Waals surface area (Å²) >= 11 is 0. The number of halogens is 1. The Kier molecular flexibility index (Phi) is 7.38. The van der Waals surface area contributed by atoms with Crippen molar-refractivity contribution >= 4 is 21.6 Å². The number of anilines is 1. The summed E-state index contributed by atoms with van der Waals surface area (Å²) in [6, 6.07) is 20.6. The van der Waals surface area contributed by atoms with Crippen LogP contribution in [0.5, 0.6) is 0 Å². The van der Waals surface area contributed by atoms with Crippen molar-refractivity contribution in [1.29, 1.82) is 0 Å². The molecular weight excluding hydrogens is 419 g/mol. The van der Waals surface area contributed by atoms with Crippen LogP contribution < -0.4 is 4.72 Å². The highest BCUT2D eigenvalue weighted by atomic mass is 32.2. The Morgan fingerprint density at radius 3 is 2.35 bits per heavy atom. The molecule has 6 nitrogen and oxygen atoms in total. The molecule has 0 bridgehead atoms. The third-order valence-corrected chi connectivity index (χ3v) is 6.04. The predicted molar refractivity (Wildman–Crippen MR) is 117 cm³/mol. The van der Waals surface area contributed by atoms with Crippen LogP contribution in [-0.2, 0) is 16.4 Å². The Labute approximate surface area is 181 Å². The minimum absolute atomic E-state index is 0.121. The van der Waals surface area contributed by atoms with Gasteiger partial charge in [-0.15, -0.1) is 0 Å². The lowest BCUT2D eigenvalue weighted by Gasteiger charge is -2.22. The topological polar surface area (TPSA) is 86.7 Å². The number of rotatable bonds is 9. The van der Waals surface area contributed by atoms with Crippen LogP contribution in [0.15, 0.2) is 83.8 Å². The van der Waals surface area contributed by atoms with Crippen LogP contribution in [0, 0.1) is 5.82 Å². The first-order valence-electron chi connectivity index (χ1n) is 9.72. The van der Waals surface area contributed by atoms with E-state index in [0.29, 0.717) is 13.0 Å². The van der Waals surface area contributed by atoms with Crippen molar-refractivity contribution in [1.82, 2.24) is 4.90 Å². The van der Waals surface area contributed by atoms with Crippen molar-refractivity contribution in [3.05, 3.63) is 95.8 Å². The van der Waals surface area contributed by atoms with Gasteiger partial charge in [-0.25, -0.2) is 12.8 Å². The Bertz CT molecular complexity index is 1140. The van der Waals surface area contributed by atoms with Gasteiger partial charge in [0.2, 0.25) is 0 Å². The van der Waals surface area contributed by atoms with Gasteiger partial charge in [0.15, 0.2) is 0 Å². The zero-order valence-electron chi connectivity index (χ0n) is 16.7. The number of hydrogen-bond acceptors (Lipinski definition) is 4. The van der Waals surface area contributed by atoms with Crippen LogP contribution in [0.2, 0.25) is 0 Å². The van der Waals surface area contributed by atoms with E-state index in [0.717, 1.165) is 11.6 Å². The Hall–Kier alpha value is -3.23. The van der Waals surface area contributed by atoms with Crippen LogP contribution in [0.25, 0.3) is 0 Å². The van der Waals surface area contributed by atoms with E-state index in [1.165, 1.54) is 47.4 Å². The molecule has 0 unspecified atom stereocenters. The Morgan fingerprint density at radius 2 is 1.65 bits per heavy atom. The second-order valence-corrected chi connectivity index (χ2v) is 8.55. The van der Waals surface area contributed by atoms with Crippen molar-refractivity contribution in [2.75, 3.05) is 24.4 Å². The molecule has 0 atom stereocenters. The SMILES string of the molecule is O=C(c1cccc(S(=O)(=O)Nc2ccccc2F)c1)N(CCO)CCc1ccccc1. The summed E-state index contributed by atoms with van der Waals surface area (Å²) in [5, 5.41) is 9.37. The molecule has 2 N–H and O–H groups in total. The highest BCUT2D eigenvalue weighted by Gasteiger charge is 2.20. The molecule has 162 valence electrons. The van der Waals surface area contributed by atoms with Crippen molar-refractivity contribution in [2.45, 2.75) is 11.3 Å². The maximum atomic E-state index is 13.8. The van der Waals surface area contributed by atoms with Gasteiger partial charge in [0.1, 0.15) is 5.82 Å². The molecule has 0 radical (unpaired) electrons. The molecule has 8 heteroatoms. The molecular formula is C23H23FN2O4S. The van der Waals surface area contributed by atoms with Gasteiger partial charge >= 0.3 is 0 Å². The molecule has 0 fully saturated rings. The molecule has 0 aliphatic carbocycles. The van der Waals surface area contributed by atoms with Gasteiger partial charge in [-0.05, 0) is 42.3 Å². The second kappa shape index (κ2) is 10.2. The third-order valence-electron chi connectivity index (χ3n) is 4.68. The zero-order valence-corrected chi connectivity index (χ0v) is 17.6. The molecule has 1 amide bonds. The summed E-state index contributed by atoms with van der Waals surface area (Å²) in [5.41, 5.74) is 1.03. The zero-order chi connectivity index (χ0) is 22.3. The van der Waals surface area contributed by atoms with E-state index in [9.17, 15) is 22.7 Å². The summed E-state index contributed by atoms with van der Waals surface area (Å²) in [6.45, 7) is 0.275. The molecule has 3 rings (SSSR count). The normalized spacial score (nSPS) is 11.2. The number of benzene rings is 3. The van der Waals surface area contributed by atoms with E-state index in [-0.39, 0.29) is 29.3 Å². The highest BCUT2D eigenvalue weighted by Crippen LogP contribution is 2.20. The van der Waals surface area contributed by atoms with Crippen molar-refractivity contribution in [3.63, 3.8) is 0 Å². The number of hydrogen-bond donors (Lipinski definition) is 2. The molecule has 31 heavy (non-hydrogen) atoms. The van der Waals surface area contributed by atoms with Crippen LogP contribution >= 0.6 is 0 Å². The fraction of sp³-hybridized carbons (Fsp3) is 0.174. The molecule has 0 aromatic heterocycles. The van der Waals surface area contributed by atoms with E-state index in [1.54, 1.807) is 0 Å². The number of carbonyl (C=O) groups excluding carboxylic acids is 1. The van der Waals surface area contributed by atoms with Crippen molar-refractivity contribution in [3.8, 4) is 0 Å². The number of nitrogens with one attached hydrogen (secondary N) is 1. The molecule has 3 aromatic rings. The summed E-state index contributed by atoms with van der Waals surface area (Å²) in [6.07, 6.45) is 0.597. The summed E-state index contributed by atoms with van der Waals surface area (Å²) in [7, 11) is -4.10. The van der Waals surface area contributed by atoms with Crippen molar-refractivity contribution in [2.24, 2.45) is 0 Å². The number of para-hydroxylation sites is 1. The molecule has 0 spiro atoms. The smallest absolute Gasteiger partial charge is 0.262 e. The first-order chi connectivity index (χ1) is 14.9. The van der Waals surface area contributed by atoms with Crippen LogP contribution in [-0.4, -0.2) is 44.0 Å². The minimum atomic E-state index is -4.10. The Morgan fingerprint density at radius 1 is 0.935 bits per heavy atom. The number of aliphatic hydroxyl groups is 1. The first kappa shape index (κ1) is 22.5. The molecule has 0 aliphatic rings. The fourth-order valence-electron chi connectivity index (χ4n) is 3.07. The second-order valence-electron chi connectivity index (χ2n) is 6.86. The number of nitrogens with zero attached hydrogens (tertiary/aromatic N) is 1. The summed E-state index contributed by atoms with van der Waals surface area (Å²) in [4.78, 5) is 14.3. The summed E-state index contributed by atoms with van der Waals surface area (Å²) in [5.74, 6) is -1.10. The van der Waals surface area contributed by atoms with Gasteiger partial charge in [-0.3, -0.25) is 9.52 Å². The van der Waals surface area contributed by atoms with Gasteiger partial charge in [0.05, 0.1) is 17.2 Å². The van der Waals surface area contributed by atoms with E-state index in [2.05, 4.69) is 4.72 Å². The highest BCUT2D eigenvalue weighted by molar-refractivity contribution is 7.92. The largest absolute Gasteiger partial charge is 0.395 e. The van der Waals surface area contributed by atoms with Gasteiger partial charge < -0.3 is 10.0 Å². The van der Waals surface area contributed by atoms with Crippen LogP contribution in [0.1, 0.15) is 15.9 Å². The number of sulfonamides is 1. The minimum Gasteiger partial charge on any atom is -0.395 e. The van der Waals surface area contributed by atoms with Gasteiger partial charge in [-0.1, -0.05) is 48.5 Å². The molecule has 0 saturated carbocycles. The van der Waals surface area contributed by atoms with Gasteiger partial charge in [0, 0.05) is 18.7 Å². The quantitative estimate of drug-likeness (QED) is 0.532. The van der Waals surface area contributed by atoms with Gasteiger partial charge in [-0.2, -0.15) is 0 Å². The standard InChI is InChI=1S/C23H23FN2O4S/c24-21-11-4-5-12-22(21)25-31(29,30)20-10-6-9-19(17-20)23(28)26(15-16-27)14-13-18-7-2-1-3-8-18/h1-12,17,25,27H,13-16H2. The number of aliphatic hydroxyl groups excluding tert-OH is 1. The predicted octanol–water partition coefficient (Wildman–Crippen LogP) is 3.30. The van der Waals surface area contributed by atoms with Crippen LogP contribution in [0.3, 0.4) is 0 Å². The number of amides is 1. The van der Waals surface area contributed by atoms with Crippen LogP contribution in [0.4, 0.5) is 10.1 Å². The van der Waals surface area contributed by atoms with Gasteiger partial charge in [0.25, 0.3) is 15.9 Å². The van der Waals surface area contributed by atoms with E-state index >= 15 is 0 Å². The summed E-state index contributed by atoms with van der Waals surface area (Å²) < 4.78 is 41.4. The lowest BCUT2D eigenvalue weighted by molar-refractivity contribution is 0.0723. The lowest BCUT2D eigenvalue weighted by atomic mass is 10.1. The molecule has 0 heterocycles. The molecule has 0 saturated heterocycles. The molecule has 0 aliphatic heterocycles. The number of carbonyl (C=O) groups is 1. The molecule has 3 aromatic carbocycles. The van der Waals surface area contributed by atoms with Crippen molar-refractivity contribution < 1.29 is 22.7 Å². The van der Waals surface area contributed by atoms with E-state index < -0.39 is 21.7 Å².